The number of hydrogen-bond acceptors (Lipinski definition) is 15. The highest BCUT2D eigenvalue weighted by molar-refractivity contribution is 5.70. The maximum atomic E-state index is 13.1. The van der Waals surface area contributed by atoms with Crippen LogP contribution in [0.1, 0.15) is 258 Å². The Bertz CT molecular complexity index is 1490. The van der Waals surface area contributed by atoms with Gasteiger partial charge in [-0.1, -0.05) is 211 Å². The predicted octanol–water partition coefficient (Wildman–Crippen LogP) is 11.6. The largest absolute Gasteiger partial charge is 0.462 e. The number of aliphatic hydroxyl groups is 7. The van der Waals surface area contributed by atoms with E-state index in [-0.39, 0.29) is 19.4 Å². The van der Waals surface area contributed by atoms with Gasteiger partial charge in [-0.05, 0) is 70.6 Å². The molecule has 0 aromatic rings. The van der Waals surface area contributed by atoms with Gasteiger partial charge in [-0.25, -0.2) is 0 Å². The van der Waals surface area contributed by atoms with Crippen LogP contribution in [0.2, 0.25) is 0 Å². The van der Waals surface area contributed by atoms with Gasteiger partial charge in [0.2, 0.25) is 0 Å². The molecule has 2 rings (SSSR count). The van der Waals surface area contributed by atoms with E-state index < -0.39 is 99.3 Å². The fraction of sp³-hybridized carbons (Fsp3) is 0.873. The van der Waals surface area contributed by atoms with Crippen molar-refractivity contribution in [1.29, 1.82) is 0 Å². The summed E-state index contributed by atoms with van der Waals surface area (Å²) in [6, 6.07) is 0. The molecular weight excluding hydrogens is 997 g/mol. The van der Waals surface area contributed by atoms with Crippen LogP contribution in [0.4, 0.5) is 0 Å². The number of carbonyl (C=O) groups excluding carboxylic acids is 2. The van der Waals surface area contributed by atoms with Crippen molar-refractivity contribution in [3.8, 4) is 0 Å². The minimum atomic E-state index is -1.77. The molecule has 2 aliphatic heterocycles. The normalized spacial score (nSPS) is 24.2. The molecule has 15 nitrogen and oxygen atoms in total. The van der Waals surface area contributed by atoms with Gasteiger partial charge >= 0.3 is 11.9 Å². The summed E-state index contributed by atoms with van der Waals surface area (Å²) in [6.07, 6.45) is 40.3. The lowest BCUT2D eigenvalue weighted by Gasteiger charge is -2.42. The molecule has 0 radical (unpaired) electrons. The van der Waals surface area contributed by atoms with E-state index in [0.717, 1.165) is 38.5 Å². The first-order valence-electron chi connectivity index (χ1n) is 31.6. The second-order valence-corrected chi connectivity index (χ2v) is 22.2. The Morgan fingerprint density at radius 1 is 0.397 bits per heavy atom. The van der Waals surface area contributed by atoms with Crippen molar-refractivity contribution in [2.45, 2.75) is 325 Å². The molecule has 0 bridgehead atoms. The number of ether oxygens (including phenoxy) is 6. The maximum absolute atomic E-state index is 13.1. The van der Waals surface area contributed by atoms with Crippen LogP contribution in [0.5, 0.6) is 0 Å². The smallest absolute Gasteiger partial charge is 0.306 e. The van der Waals surface area contributed by atoms with E-state index in [2.05, 4.69) is 50.3 Å². The number of carbonyl (C=O) groups is 2. The van der Waals surface area contributed by atoms with Gasteiger partial charge in [0.1, 0.15) is 55.4 Å². The fourth-order valence-corrected chi connectivity index (χ4v) is 9.94. The first-order chi connectivity index (χ1) is 38.0. The Morgan fingerprint density at radius 3 is 1.21 bits per heavy atom. The second-order valence-electron chi connectivity index (χ2n) is 22.2. The second kappa shape index (κ2) is 49.3. The summed E-state index contributed by atoms with van der Waals surface area (Å²) in [7, 11) is 0. The van der Waals surface area contributed by atoms with Crippen LogP contribution in [-0.2, 0) is 38.0 Å². The Balaban J connectivity index is 1.74. The molecule has 78 heavy (non-hydrogen) atoms. The van der Waals surface area contributed by atoms with Gasteiger partial charge in [0.25, 0.3) is 0 Å². The molecule has 2 saturated heterocycles. The van der Waals surface area contributed by atoms with Crippen LogP contribution >= 0.6 is 0 Å². The number of aliphatic hydroxyl groups excluding tert-OH is 7. The molecule has 0 aromatic heterocycles. The average molecular weight is 1110 g/mol. The van der Waals surface area contributed by atoms with Gasteiger partial charge in [0, 0.05) is 12.8 Å². The lowest BCUT2D eigenvalue weighted by molar-refractivity contribution is -0.332. The lowest BCUT2D eigenvalue weighted by Crippen LogP contribution is -2.61. The summed E-state index contributed by atoms with van der Waals surface area (Å²) >= 11 is 0. The molecule has 2 heterocycles. The Labute approximate surface area is 472 Å². The highest BCUT2D eigenvalue weighted by Gasteiger charge is 2.47. The van der Waals surface area contributed by atoms with Crippen LogP contribution in [0.25, 0.3) is 0 Å². The SMILES string of the molecule is CCCCCCCC/C=C/CCCCCCCCCCCC(=O)OC[C@H](CO[C@H]1O[C@@H](CO[C@H]2O[C@@H](CO)[C@@H](O)C(O)C2O)[C@@H](O)C(O)C1O)OC(=O)CCC/C=C/CC/C=C/CCCCCCCCCCCCCCCC. The first-order valence-corrected chi connectivity index (χ1v) is 31.6. The number of allylic oxidation sites excluding steroid dienone is 6. The summed E-state index contributed by atoms with van der Waals surface area (Å²) < 4.78 is 33.7. The van der Waals surface area contributed by atoms with Gasteiger partial charge in [0.05, 0.1) is 19.8 Å². The van der Waals surface area contributed by atoms with Crippen LogP contribution in [-0.4, -0.2) is 142 Å². The van der Waals surface area contributed by atoms with Crippen LogP contribution in [0, 0.1) is 0 Å². The fourth-order valence-electron chi connectivity index (χ4n) is 9.94. The van der Waals surface area contributed by atoms with Gasteiger partial charge in [-0.15, -0.1) is 0 Å². The van der Waals surface area contributed by atoms with Crippen molar-refractivity contribution in [2.75, 3.05) is 26.4 Å². The third-order valence-electron chi connectivity index (χ3n) is 15.1. The maximum Gasteiger partial charge on any atom is 0.306 e. The molecule has 0 amide bonds. The highest BCUT2D eigenvalue weighted by atomic mass is 16.7. The molecule has 0 aromatic carbocycles. The summed E-state index contributed by atoms with van der Waals surface area (Å²) in [4.78, 5) is 25.9. The minimum Gasteiger partial charge on any atom is -0.462 e. The van der Waals surface area contributed by atoms with E-state index in [0.29, 0.717) is 19.3 Å². The molecule has 0 saturated carbocycles. The van der Waals surface area contributed by atoms with E-state index in [1.165, 1.54) is 173 Å². The van der Waals surface area contributed by atoms with E-state index >= 15 is 0 Å². The number of unbranched alkanes of at least 4 members (excludes halogenated alkanes) is 31. The monoisotopic (exact) mass is 1110 g/mol. The predicted molar refractivity (Wildman–Crippen MR) is 307 cm³/mol. The molecule has 456 valence electrons. The summed E-state index contributed by atoms with van der Waals surface area (Å²) in [6.45, 7) is 2.60. The van der Waals surface area contributed by atoms with E-state index in [1.807, 2.05) is 0 Å². The van der Waals surface area contributed by atoms with Crippen LogP contribution in [0.15, 0.2) is 36.5 Å². The first kappa shape index (κ1) is 71.8. The zero-order chi connectivity index (χ0) is 56.7. The van der Waals surface area contributed by atoms with Crippen molar-refractivity contribution in [1.82, 2.24) is 0 Å². The van der Waals surface area contributed by atoms with E-state index in [9.17, 15) is 45.3 Å². The van der Waals surface area contributed by atoms with Crippen molar-refractivity contribution < 1.29 is 73.8 Å². The Hall–Kier alpha value is -2.28. The molecule has 2 aliphatic rings. The summed E-state index contributed by atoms with van der Waals surface area (Å²) in [5.41, 5.74) is 0. The molecule has 2 fully saturated rings. The molecule has 11 atom stereocenters. The van der Waals surface area contributed by atoms with E-state index in [1.54, 1.807) is 0 Å². The average Bonchev–Trinajstić information content (AvgIpc) is 3.43. The Kier molecular flexibility index (Phi) is 45.4. The molecule has 15 heteroatoms. The zero-order valence-electron chi connectivity index (χ0n) is 48.9. The van der Waals surface area contributed by atoms with Gasteiger partial charge < -0.3 is 64.2 Å². The quantitative estimate of drug-likeness (QED) is 0.0171. The van der Waals surface area contributed by atoms with Crippen LogP contribution < -0.4 is 0 Å². The molecule has 4 unspecified atom stereocenters. The molecule has 0 spiro atoms. The summed E-state index contributed by atoms with van der Waals surface area (Å²) in [5.74, 6) is -0.966. The number of hydrogen-bond donors (Lipinski definition) is 7. The molecule has 0 aliphatic carbocycles. The van der Waals surface area contributed by atoms with Gasteiger partial charge in [-0.2, -0.15) is 0 Å². The third-order valence-corrected chi connectivity index (χ3v) is 15.1. The van der Waals surface area contributed by atoms with Gasteiger partial charge in [0.15, 0.2) is 18.7 Å². The van der Waals surface area contributed by atoms with Crippen molar-refractivity contribution in [3.63, 3.8) is 0 Å². The van der Waals surface area contributed by atoms with Gasteiger partial charge in [-0.3, -0.25) is 9.59 Å². The van der Waals surface area contributed by atoms with E-state index in [4.69, 9.17) is 28.4 Å². The summed E-state index contributed by atoms with van der Waals surface area (Å²) in [5, 5.41) is 72.4. The number of esters is 2. The standard InChI is InChI=1S/C63H114O15/c1-3-5-7-9-11-13-15-17-19-21-23-24-25-26-28-30-32-34-36-38-40-42-44-46-55(66)76-51(48-73-54(65)45-43-41-39-37-35-33-31-29-27-22-20-18-16-14-12-10-8-6-4-2)49-74-62-61(72)59(70)57(68)53(78-62)50-75-63-60(71)58(69)56(67)52(47-64)77-63/h18,20,30,32,38,40,51-53,56-64,67-72H,3-17,19,21-29,31,33-37,39,41-50H2,1-2H3/b20-18+,32-30+,40-38+/t51-,52+,53+,56-,57-,58?,59?,60?,61?,62+,63+/m1/s1. The number of rotatable bonds is 51. The third kappa shape index (κ3) is 35.5. The minimum absolute atomic E-state index is 0.107. The van der Waals surface area contributed by atoms with Crippen molar-refractivity contribution in [2.24, 2.45) is 0 Å². The highest BCUT2D eigenvalue weighted by Crippen LogP contribution is 2.27. The topological polar surface area (TPSA) is 231 Å². The molecular formula is C63H114O15. The van der Waals surface area contributed by atoms with Crippen molar-refractivity contribution >= 4 is 11.9 Å². The molecule has 7 N–H and O–H groups in total. The Morgan fingerprint density at radius 2 is 0.756 bits per heavy atom. The lowest BCUT2D eigenvalue weighted by atomic mass is 9.98. The van der Waals surface area contributed by atoms with Crippen molar-refractivity contribution in [3.05, 3.63) is 36.5 Å². The van der Waals surface area contributed by atoms with Crippen LogP contribution in [0.3, 0.4) is 0 Å². The zero-order valence-corrected chi connectivity index (χ0v) is 48.9.